The van der Waals surface area contributed by atoms with Crippen molar-refractivity contribution in [2.24, 2.45) is 38.1 Å². The van der Waals surface area contributed by atoms with E-state index in [1.807, 2.05) is 48.5 Å². The Balaban J connectivity index is 0. The lowest BCUT2D eigenvalue weighted by atomic mass is 9.49. The Bertz CT molecular complexity index is 1750. The molecule has 0 spiro atoms. The zero-order valence-electron chi connectivity index (χ0n) is 50.6. The number of hydrogen-bond acceptors (Lipinski definition) is 15. The van der Waals surface area contributed by atoms with E-state index < -0.39 is 22.2 Å². The first-order valence-electron chi connectivity index (χ1n) is 29.4. The molecule has 2 fully saturated rings. The number of morpholine rings is 2. The molecule has 2 rings (SSSR count). The van der Waals surface area contributed by atoms with Crippen molar-refractivity contribution in [2.75, 3.05) is 131 Å². The predicted octanol–water partition coefficient (Wildman–Crippen LogP) is 4.37. The van der Waals surface area contributed by atoms with Crippen LogP contribution in [0.3, 0.4) is 0 Å². The number of isothiocyanates is 1. The van der Waals surface area contributed by atoms with Crippen LogP contribution in [0.1, 0.15) is 159 Å². The number of rotatable bonds is 36. The van der Waals surface area contributed by atoms with Crippen molar-refractivity contribution in [2.45, 2.75) is 159 Å². The zero-order chi connectivity index (χ0) is 60.0. The highest BCUT2D eigenvalue weighted by atomic mass is 32.1. The maximum Gasteiger partial charge on any atom is 0.303 e. The molecule has 0 saturated carbocycles. The number of nitrogens with zero attached hydrogens (tertiary/aromatic N) is 3. The lowest BCUT2D eigenvalue weighted by Gasteiger charge is -2.53. The zero-order valence-corrected chi connectivity index (χ0v) is 52.2. The van der Waals surface area contributed by atoms with E-state index in [-0.39, 0.29) is 35.0 Å². The van der Waals surface area contributed by atoms with Gasteiger partial charge in [0.05, 0.1) is 54.4 Å². The minimum Gasteiger partial charge on any atom is -0.481 e. The summed E-state index contributed by atoms with van der Waals surface area (Å²) in [6.45, 7) is 33.4. The fourth-order valence-electron chi connectivity index (χ4n) is 8.59. The number of nitrogens with two attached hydrogens (primary N) is 2. The summed E-state index contributed by atoms with van der Waals surface area (Å²) in [5.41, 5.74) is 6.93. The smallest absolute Gasteiger partial charge is 0.303 e. The van der Waals surface area contributed by atoms with E-state index in [1.165, 1.54) is 0 Å². The molecule has 12 N–H and O–H groups in total. The van der Waals surface area contributed by atoms with Gasteiger partial charge in [-0.1, -0.05) is 61.3 Å². The van der Waals surface area contributed by atoms with Gasteiger partial charge in [-0.25, -0.2) is 4.99 Å². The topological polar surface area (TPSA) is 296 Å². The number of thiocarbonyl (C=S) groups is 2. The molecule has 0 aromatic heterocycles. The Morgan fingerprint density at radius 2 is 0.949 bits per heavy atom. The molecule has 2 saturated heterocycles. The Morgan fingerprint density at radius 1 is 0.544 bits per heavy atom. The minimum atomic E-state index is -1.42. The first-order valence-corrected chi connectivity index (χ1v) is 30.2. The maximum absolute atomic E-state index is 14.3. The third-order valence-electron chi connectivity index (χ3n) is 15.4. The first-order chi connectivity index (χ1) is 37.7. The second-order valence-electron chi connectivity index (χ2n) is 20.8. The van der Waals surface area contributed by atoms with Crippen molar-refractivity contribution in [1.29, 1.82) is 0 Å². The Labute approximate surface area is 486 Å². The van der Waals surface area contributed by atoms with Crippen LogP contribution in [-0.4, -0.2) is 192 Å². The van der Waals surface area contributed by atoms with Crippen molar-refractivity contribution in [3.8, 4) is 0 Å². The molecule has 2 aliphatic heterocycles. The van der Waals surface area contributed by atoms with Gasteiger partial charge in [0.15, 0.2) is 5.11 Å². The largest absolute Gasteiger partial charge is 0.481 e. The molecule has 3 unspecified atom stereocenters. The van der Waals surface area contributed by atoms with Gasteiger partial charge in [0, 0.05) is 103 Å². The molecule has 2 heterocycles. The van der Waals surface area contributed by atoms with Crippen LogP contribution in [-0.2, 0) is 38.2 Å². The standard InChI is InChI=1S/C34H66N8O5S.C10H22N2O.C7H12N2OS.C5H10O2/c1-7-10-14-27(43)36-17-12-19-39-30(46)34(6,32(4,8-2)28(44)37-16-11-15-35)33(5,9-3)29(45)38-18-13-20-40-31(48)41-21-22-42-23-25-47-26-24-42;1-4-10(3,5-2)9(13)12-8-6-7-11;11-7-8-1-2-9-3-5-10-6-4-9;1-2-3-4-5(6)7/h7-26,35H2,1-6H3,(H,36,43)(H,37,44)(H,38,45)(H,39,46)(H2,40,41,48);4-8,11H2,1-3H3,(H,12,13);1-6H2;2-4H2,1H3,(H,6,7). The number of aliphatic imine (C=N–C) groups is 1. The number of carbonyl (C=O) groups excluding carboxylic acids is 5. The normalized spacial score (nSPS) is 15.7. The molecule has 23 heteroatoms. The minimum absolute atomic E-state index is 0.00647. The van der Waals surface area contributed by atoms with Gasteiger partial charge >= 0.3 is 5.97 Å². The van der Waals surface area contributed by atoms with Crippen LogP contribution in [0.15, 0.2) is 4.99 Å². The van der Waals surface area contributed by atoms with Crippen LogP contribution < -0.4 is 48.7 Å². The number of carboxylic acids is 1. The average Bonchev–Trinajstić information content (AvgIpc) is 3.46. The summed E-state index contributed by atoms with van der Waals surface area (Å²) < 4.78 is 10.6. The van der Waals surface area contributed by atoms with Crippen molar-refractivity contribution in [3.63, 3.8) is 0 Å². The summed E-state index contributed by atoms with van der Waals surface area (Å²) in [6.07, 6.45) is 9.38. The monoisotopic (exact) mass is 1160 g/mol. The summed E-state index contributed by atoms with van der Waals surface area (Å²) in [6, 6.07) is 0. The van der Waals surface area contributed by atoms with Gasteiger partial charge < -0.3 is 63.3 Å². The number of ether oxygens (including phenoxy) is 2. The third kappa shape index (κ3) is 31.2. The van der Waals surface area contributed by atoms with Gasteiger partial charge in [-0.3, -0.25) is 38.6 Å². The van der Waals surface area contributed by atoms with Crippen molar-refractivity contribution in [3.05, 3.63) is 0 Å². The Kier molecular flexibility index (Phi) is 45.6. The molecule has 0 radical (unpaired) electrons. The van der Waals surface area contributed by atoms with Crippen LogP contribution in [0.5, 0.6) is 0 Å². The van der Waals surface area contributed by atoms with E-state index >= 15 is 0 Å². The Hall–Kier alpha value is -3.93. The van der Waals surface area contributed by atoms with Gasteiger partial charge in [-0.15, -0.1) is 0 Å². The maximum atomic E-state index is 14.3. The summed E-state index contributed by atoms with van der Waals surface area (Å²) in [4.78, 5) is 84.1. The average molecular weight is 1160 g/mol. The molecule has 460 valence electrons. The van der Waals surface area contributed by atoms with Gasteiger partial charge in [0.2, 0.25) is 29.5 Å². The first kappa shape index (κ1) is 77.1. The molecule has 21 nitrogen and oxygen atoms in total. The molecule has 3 atom stereocenters. The van der Waals surface area contributed by atoms with E-state index in [0.717, 1.165) is 124 Å². The van der Waals surface area contributed by atoms with Gasteiger partial charge in [0.25, 0.3) is 0 Å². The Morgan fingerprint density at radius 3 is 1.37 bits per heavy atom. The summed E-state index contributed by atoms with van der Waals surface area (Å²) >= 11 is 9.87. The number of unbranched alkanes of at least 4 members (excludes halogenated alkanes) is 2. The number of amides is 5. The quantitative estimate of drug-likeness (QED) is 0.0237. The van der Waals surface area contributed by atoms with E-state index in [0.29, 0.717) is 102 Å². The SMILES string of the molecule is CCC(C)(CC)C(=O)NCCCN.CCCCC(=O)NCCCNC(=O)C(C)(C(C)(CC)C(=O)NCCCN)C(C)(CC)C(=O)NCCCNC(=S)NCCN1CCOCC1.CCCCC(=O)O.S=C=NCCN1CCOCC1. The van der Waals surface area contributed by atoms with Crippen LogP contribution in [0, 0.1) is 21.7 Å². The van der Waals surface area contributed by atoms with Gasteiger partial charge in [-0.05, 0) is 123 Å². The number of hydrogen-bond donors (Lipinski definition) is 10. The predicted molar refractivity (Wildman–Crippen MR) is 325 cm³/mol. The summed E-state index contributed by atoms with van der Waals surface area (Å²) in [5, 5.41) is 32.2. The summed E-state index contributed by atoms with van der Waals surface area (Å²) in [5.74, 6) is -1.48. The molecular formula is C56H110N12O9S2. The van der Waals surface area contributed by atoms with Crippen LogP contribution >= 0.6 is 24.4 Å². The van der Waals surface area contributed by atoms with E-state index in [4.69, 9.17) is 38.3 Å². The number of aliphatic carboxylic acids is 1. The van der Waals surface area contributed by atoms with Crippen LogP contribution in [0.2, 0.25) is 0 Å². The second-order valence-corrected chi connectivity index (χ2v) is 21.4. The highest BCUT2D eigenvalue weighted by Crippen LogP contribution is 2.56. The fourth-order valence-corrected chi connectivity index (χ4v) is 8.89. The van der Waals surface area contributed by atoms with Crippen molar-refractivity contribution >= 4 is 70.2 Å². The van der Waals surface area contributed by atoms with Gasteiger partial charge in [-0.2, -0.15) is 0 Å². The summed E-state index contributed by atoms with van der Waals surface area (Å²) in [7, 11) is 0. The highest BCUT2D eigenvalue weighted by molar-refractivity contribution is 7.80. The molecule has 0 bridgehead atoms. The van der Waals surface area contributed by atoms with E-state index in [1.54, 1.807) is 20.8 Å². The molecular weight excluding hydrogens is 1050 g/mol. The molecule has 0 aromatic rings. The second kappa shape index (κ2) is 46.7. The molecule has 79 heavy (non-hydrogen) atoms. The van der Waals surface area contributed by atoms with E-state index in [9.17, 15) is 28.8 Å². The lowest BCUT2D eigenvalue weighted by Crippen LogP contribution is -2.66. The fraction of sp³-hybridized carbons (Fsp3) is 0.857. The molecule has 0 aromatic carbocycles. The third-order valence-corrected chi connectivity index (χ3v) is 15.8. The number of carbonyl (C=O) groups is 6. The van der Waals surface area contributed by atoms with Crippen molar-refractivity contribution < 1.29 is 43.3 Å². The molecule has 0 aliphatic carbocycles. The number of carboxylic acid groups (broad SMARTS) is 1. The van der Waals surface area contributed by atoms with E-state index in [2.05, 4.69) is 69.4 Å². The van der Waals surface area contributed by atoms with Crippen LogP contribution in [0.25, 0.3) is 0 Å². The van der Waals surface area contributed by atoms with Crippen molar-refractivity contribution in [1.82, 2.24) is 47.0 Å². The number of nitrogens with one attached hydrogen (secondary N) is 7. The molecule has 2 aliphatic rings. The lowest BCUT2D eigenvalue weighted by molar-refractivity contribution is -0.170. The highest BCUT2D eigenvalue weighted by Gasteiger charge is 2.64. The van der Waals surface area contributed by atoms with Gasteiger partial charge in [0.1, 0.15) is 0 Å². The molecule has 5 amide bonds. The van der Waals surface area contributed by atoms with Crippen LogP contribution in [0.4, 0.5) is 0 Å².